The van der Waals surface area contributed by atoms with Gasteiger partial charge in [0, 0.05) is 24.7 Å². The zero-order valence-electron chi connectivity index (χ0n) is 19.7. The molecule has 0 unspecified atom stereocenters. The predicted octanol–water partition coefficient (Wildman–Crippen LogP) is 3.97. The number of esters is 1. The largest absolute Gasteiger partial charge is 0.497 e. The Morgan fingerprint density at radius 2 is 1.74 bits per heavy atom. The van der Waals surface area contributed by atoms with Crippen LogP contribution >= 0.6 is 0 Å². The second-order valence-electron chi connectivity index (χ2n) is 8.05. The minimum Gasteiger partial charge on any atom is -0.497 e. The molecule has 1 aliphatic rings. The molecule has 2 heterocycles. The summed E-state index contributed by atoms with van der Waals surface area (Å²) in [6.45, 7) is 3.15. The maximum atomic E-state index is 13.6. The molecule has 0 N–H and O–H groups in total. The number of nitrogens with zero attached hydrogens (tertiary/aromatic N) is 3. The van der Waals surface area contributed by atoms with E-state index >= 15 is 0 Å². The number of hydrogen-bond acceptors (Lipinski definition) is 6. The van der Waals surface area contributed by atoms with Crippen LogP contribution in [0.5, 0.6) is 11.5 Å². The molecule has 1 amide bonds. The van der Waals surface area contributed by atoms with E-state index < -0.39 is 0 Å². The van der Waals surface area contributed by atoms with Crippen molar-refractivity contribution in [1.82, 2.24) is 14.7 Å². The van der Waals surface area contributed by atoms with Crippen LogP contribution in [0, 0.1) is 5.92 Å². The predicted molar refractivity (Wildman–Crippen MR) is 127 cm³/mol. The Hall–Kier alpha value is -3.81. The average molecular weight is 464 g/mol. The molecule has 1 aliphatic heterocycles. The van der Waals surface area contributed by atoms with E-state index in [1.807, 2.05) is 42.5 Å². The van der Waals surface area contributed by atoms with Crippen LogP contribution in [-0.2, 0) is 9.53 Å². The van der Waals surface area contributed by atoms with Crippen LogP contribution in [-0.4, -0.2) is 60.5 Å². The zero-order valence-corrected chi connectivity index (χ0v) is 19.7. The summed E-state index contributed by atoms with van der Waals surface area (Å²) in [4.78, 5) is 27.5. The summed E-state index contributed by atoms with van der Waals surface area (Å²) < 4.78 is 17.7. The lowest BCUT2D eigenvalue weighted by molar-refractivity contribution is -0.149. The van der Waals surface area contributed by atoms with Gasteiger partial charge in [0.15, 0.2) is 0 Å². The highest BCUT2D eigenvalue weighted by Crippen LogP contribution is 2.34. The molecular weight excluding hydrogens is 434 g/mol. The SMILES string of the molecule is CCOC(=O)C1CCN(C(=O)c2cc(-c3ccc(OC)cc3OC)nn2-c2ccccc2)CC1. The lowest BCUT2D eigenvalue weighted by Crippen LogP contribution is -2.41. The van der Waals surface area contributed by atoms with Gasteiger partial charge in [-0.15, -0.1) is 0 Å². The van der Waals surface area contributed by atoms with Gasteiger partial charge in [-0.3, -0.25) is 9.59 Å². The number of hydrogen-bond donors (Lipinski definition) is 0. The van der Waals surface area contributed by atoms with Crippen molar-refractivity contribution in [3.63, 3.8) is 0 Å². The Kier molecular flexibility index (Phi) is 7.15. The number of para-hydroxylation sites is 1. The monoisotopic (exact) mass is 463 g/mol. The molecule has 0 aliphatic carbocycles. The molecular formula is C26H29N3O5. The Labute approximate surface area is 199 Å². The molecule has 178 valence electrons. The number of likely N-dealkylation sites (tertiary alicyclic amines) is 1. The van der Waals surface area contributed by atoms with Crippen molar-refractivity contribution in [1.29, 1.82) is 0 Å². The fraction of sp³-hybridized carbons (Fsp3) is 0.346. The van der Waals surface area contributed by atoms with Crippen LogP contribution in [0.2, 0.25) is 0 Å². The first-order chi connectivity index (χ1) is 16.5. The Morgan fingerprint density at radius 1 is 1.00 bits per heavy atom. The van der Waals surface area contributed by atoms with Crippen LogP contribution in [0.1, 0.15) is 30.3 Å². The van der Waals surface area contributed by atoms with E-state index in [0.29, 0.717) is 55.4 Å². The van der Waals surface area contributed by atoms with E-state index in [-0.39, 0.29) is 17.8 Å². The summed E-state index contributed by atoms with van der Waals surface area (Å²) in [5.74, 6) is 0.799. The third kappa shape index (κ3) is 4.76. The molecule has 1 fully saturated rings. The fourth-order valence-electron chi connectivity index (χ4n) is 4.18. The summed E-state index contributed by atoms with van der Waals surface area (Å²) in [7, 11) is 3.19. The van der Waals surface area contributed by atoms with Crippen LogP contribution in [0.3, 0.4) is 0 Å². The summed E-state index contributed by atoms with van der Waals surface area (Å²) in [5, 5.41) is 4.77. The third-order valence-corrected chi connectivity index (χ3v) is 6.02. The van der Waals surface area contributed by atoms with Crippen molar-refractivity contribution in [2.45, 2.75) is 19.8 Å². The molecule has 0 radical (unpaired) electrons. The summed E-state index contributed by atoms with van der Waals surface area (Å²) in [6, 6.07) is 16.8. The van der Waals surface area contributed by atoms with E-state index in [0.717, 1.165) is 11.3 Å². The van der Waals surface area contributed by atoms with E-state index in [9.17, 15) is 9.59 Å². The average Bonchev–Trinajstić information content (AvgIpc) is 3.34. The van der Waals surface area contributed by atoms with Crippen molar-refractivity contribution >= 4 is 11.9 Å². The smallest absolute Gasteiger partial charge is 0.309 e. The van der Waals surface area contributed by atoms with Crippen molar-refractivity contribution in [2.24, 2.45) is 5.92 Å². The Balaban J connectivity index is 1.67. The molecule has 0 saturated carbocycles. The number of amides is 1. The number of ether oxygens (including phenoxy) is 3. The standard InChI is InChI=1S/C26H29N3O5/c1-4-34-26(31)18-12-14-28(15-13-18)25(30)23-17-22(27-29(23)19-8-6-5-7-9-19)21-11-10-20(32-2)16-24(21)33-3/h5-11,16-18H,4,12-15H2,1-3H3. The van der Waals surface area contributed by atoms with Crippen LogP contribution < -0.4 is 9.47 Å². The molecule has 1 aromatic heterocycles. The molecule has 2 aromatic carbocycles. The van der Waals surface area contributed by atoms with Gasteiger partial charge in [0.05, 0.1) is 38.1 Å². The minimum atomic E-state index is -0.183. The fourth-order valence-corrected chi connectivity index (χ4v) is 4.18. The van der Waals surface area contributed by atoms with Crippen LogP contribution in [0.4, 0.5) is 0 Å². The number of carbonyl (C=O) groups is 2. The number of rotatable bonds is 7. The number of carbonyl (C=O) groups excluding carboxylic acids is 2. The number of piperidine rings is 1. The molecule has 3 aromatic rings. The highest BCUT2D eigenvalue weighted by Gasteiger charge is 2.31. The van der Waals surface area contributed by atoms with Gasteiger partial charge in [-0.1, -0.05) is 18.2 Å². The van der Waals surface area contributed by atoms with Crippen LogP contribution in [0.25, 0.3) is 16.9 Å². The van der Waals surface area contributed by atoms with Gasteiger partial charge in [0.25, 0.3) is 5.91 Å². The first-order valence-electron chi connectivity index (χ1n) is 11.4. The number of aromatic nitrogens is 2. The van der Waals surface area contributed by atoms with E-state index in [1.165, 1.54) is 0 Å². The molecule has 0 spiro atoms. The van der Waals surface area contributed by atoms with Gasteiger partial charge >= 0.3 is 5.97 Å². The summed E-state index contributed by atoms with van der Waals surface area (Å²) >= 11 is 0. The molecule has 8 nitrogen and oxygen atoms in total. The van der Waals surface area contributed by atoms with Crippen molar-refractivity contribution < 1.29 is 23.8 Å². The van der Waals surface area contributed by atoms with E-state index in [1.54, 1.807) is 42.9 Å². The van der Waals surface area contributed by atoms with Gasteiger partial charge in [0.1, 0.15) is 17.2 Å². The Morgan fingerprint density at radius 3 is 2.38 bits per heavy atom. The van der Waals surface area contributed by atoms with Crippen molar-refractivity contribution in [2.75, 3.05) is 33.9 Å². The lowest BCUT2D eigenvalue weighted by atomic mass is 9.97. The van der Waals surface area contributed by atoms with Gasteiger partial charge in [-0.25, -0.2) is 4.68 Å². The molecule has 0 atom stereocenters. The zero-order chi connectivity index (χ0) is 24.1. The van der Waals surface area contributed by atoms with E-state index in [4.69, 9.17) is 19.3 Å². The number of methoxy groups -OCH3 is 2. The molecule has 0 bridgehead atoms. The normalized spacial score (nSPS) is 14.0. The molecule has 34 heavy (non-hydrogen) atoms. The maximum Gasteiger partial charge on any atom is 0.309 e. The summed E-state index contributed by atoms with van der Waals surface area (Å²) in [6.07, 6.45) is 1.17. The topological polar surface area (TPSA) is 82.9 Å². The van der Waals surface area contributed by atoms with Gasteiger partial charge < -0.3 is 19.1 Å². The van der Waals surface area contributed by atoms with Crippen LogP contribution in [0.15, 0.2) is 54.6 Å². The molecule has 4 rings (SSSR count). The first kappa shape index (κ1) is 23.4. The second-order valence-corrected chi connectivity index (χ2v) is 8.05. The van der Waals surface area contributed by atoms with Crippen molar-refractivity contribution in [3.05, 3.63) is 60.3 Å². The highest BCUT2D eigenvalue weighted by atomic mass is 16.5. The first-order valence-corrected chi connectivity index (χ1v) is 11.4. The van der Waals surface area contributed by atoms with Gasteiger partial charge in [-0.05, 0) is 50.1 Å². The third-order valence-electron chi connectivity index (χ3n) is 6.02. The lowest BCUT2D eigenvalue weighted by Gasteiger charge is -2.30. The van der Waals surface area contributed by atoms with E-state index in [2.05, 4.69) is 0 Å². The van der Waals surface area contributed by atoms with Crippen molar-refractivity contribution in [3.8, 4) is 28.4 Å². The maximum absolute atomic E-state index is 13.6. The minimum absolute atomic E-state index is 0.127. The summed E-state index contributed by atoms with van der Waals surface area (Å²) in [5.41, 5.74) is 2.61. The second kappa shape index (κ2) is 10.4. The van der Waals surface area contributed by atoms with Gasteiger partial charge in [0.2, 0.25) is 0 Å². The quantitative estimate of drug-likeness (QED) is 0.493. The molecule has 1 saturated heterocycles. The number of benzene rings is 2. The highest BCUT2D eigenvalue weighted by molar-refractivity contribution is 5.95. The Bertz CT molecular complexity index is 1150. The molecule has 8 heteroatoms. The van der Waals surface area contributed by atoms with Gasteiger partial charge in [-0.2, -0.15) is 5.10 Å².